The number of fused-ring (bicyclic) bond motifs is 1. The first kappa shape index (κ1) is 25.9. The molecule has 0 amide bonds. The van der Waals surface area contributed by atoms with Gasteiger partial charge in [0, 0.05) is 56.2 Å². The van der Waals surface area contributed by atoms with Gasteiger partial charge < -0.3 is 28.6 Å². The fraction of sp³-hybridized carbons (Fsp3) is 0.444. The fourth-order valence-electron chi connectivity index (χ4n) is 4.56. The van der Waals surface area contributed by atoms with Crippen molar-refractivity contribution in [2.24, 2.45) is 0 Å². The van der Waals surface area contributed by atoms with Gasteiger partial charge in [-0.05, 0) is 37.1 Å². The summed E-state index contributed by atoms with van der Waals surface area (Å²) in [6.45, 7) is 4.57. The Labute approximate surface area is 208 Å². The molecule has 2 aromatic carbocycles. The maximum absolute atomic E-state index is 13.3. The van der Waals surface area contributed by atoms with Crippen molar-refractivity contribution in [1.82, 2.24) is 4.90 Å². The number of likely N-dealkylation sites (tertiary alicyclic amines) is 1. The summed E-state index contributed by atoms with van der Waals surface area (Å²) >= 11 is 0. The minimum atomic E-state index is -2.61. The van der Waals surface area contributed by atoms with Crippen molar-refractivity contribution in [3.05, 3.63) is 51.7 Å². The molecule has 0 spiro atoms. The molecule has 1 fully saturated rings. The first-order chi connectivity index (χ1) is 17.1. The van der Waals surface area contributed by atoms with Gasteiger partial charge in [0.15, 0.2) is 5.43 Å². The van der Waals surface area contributed by atoms with Gasteiger partial charge in [0.2, 0.25) is 0 Å². The van der Waals surface area contributed by atoms with Crippen LogP contribution >= 0.6 is 0 Å². The lowest BCUT2D eigenvalue weighted by Gasteiger charge is -2.32. The minimum absolute atomic E-state index is 0.0402. The molecular weight excluding hydrogens is 472 g/mol. The van der Waals surface area contributed by atoms with E-state index in [1.807, 2.05) is 30.9 Å². The Kier molecular flexibility index (Phi) is 7.51. The normalized spacial score (nSPS) is 16.6. The van der Waals surface area contributed by atoms with Gasteiger partial charge in [-0.1, -0.05) is 0 Å². The van der Waals surface area contributed by atoms with Gasteiger partial charge in [0.05, 0.1) is 14.2 Å². The van der Waals surface area contributed by atoms with Crippen molar-refractivity contribution in [1.29, 1.82) is 0 Å². The second-order valence-corrected chi connectivity index (χ2v) is 9.24. The molecule has 1 aliphatic heterocycles. The topological polar surface area (TPSA) is 81.4 Å². The molecule has 0 saturated carbocycles. The Morgan fingerprint density at radius 3 is 2.33 bits per heavy atom. The van der Waals surface area contributed by atoms with E-state index in [0.717, 1.165) is 11.1 Å². The van der Waals surface area contributed by atoms with E-state index in [9.17, 15) is 18.7 Å². The van der Waals surface area contributed by atoms with E-state index in [2.05, 4.69) is 0 Å². The number of piperidine rings is 1. The van der Waals surface area contributed by atoms with Gasteiger partial charge in [-0.25, -0.2) is 8.78 Å². The molecule has 1 saturated heterocycles. The van der Waals surface area contributed by atoms with Crippen LogP contribution in [0.25, 0.3) is 22.3 Å². The molecule has 4 rings (SSSR count). The number of aryl methyl sites for hydroxylation is 2. The van der Waals surface area contributed by atoms with Crippen molar-refractivity contribution < 1.29 is 32.5 Å². The number of aliphatic hydroxyl groups excluding tert-OH is 1. The highest BCUT2D eigenvalue weighted by molar-refractivity contribution is 5.86. The molecule has 1 aliphatic rings. The van der Waals surface area contributed by atoms with Crippen LogP contribution in [-0.4, -0.2) is 62.5 Å². The predicted molar refractivity (Wildman–Crippen MR) is 133 cm³/mol. The molecule has 0 radical (unpaired) electrons. The molecule has 1 unspecified atom stereocenters. The molecule has 0 aliphatic carbocycles. The molecule has 194 valence electrons. The average Bonchev–Trinajstić information content (AvgIpc) is 2.83. The van der Waals surface area contributed by atoms with Crippen LogP contribution in [-0.2, 0) is 0 Å². The van der Waals surface area contributed by atoms with Gasteiger partial charge in [-0.2, -0.15) is 0 Å². The lowest BCUT2D eigenvalue weighted by molar-refractivity contribution is -0.0628. The summed E-state index contributed by atoms with van der Waals surface area (Å²) in [5.74, 6) is -0.724. The first-order valence-electron chi connectivity index (χ1n) is 11.8. The Bertz CT molecular complexity index is 1270. The summed E-state index contributed by atoms with van der Waals surface area (Å²) in [7, 11) is 3.00. The molecule has 0 bridgehead atoms. The Morgan fingerprint density at radius 2 is 1.72 bits per heavy atom. The van der Waals surface area contributed by atoms with E-state index in [1.54, 1.807) is 12.1 Å². The van der Waals surface area contributed by atoms with E-state index in [-0.39, 0.29) is 44.5 Å². The highest BCUT2D eigenvalue weighted by Crippen LogP contribution is 2.34. The van der Waals surface area contributed by atoms with Crippen molar-refractivity contribution in [2.75, 3.05) is 40.5 Å². The number of methoxy groups -OCH3 is 2. The van der Waals surface area contributed by atoms with Crippen molar-refractivity contribution >= 4 is 11.0 Å². The Morgan fingerprint density at radius 1 is 1.06 bits per heavy atom. The lowest BCUT2D eigenvalue weighted by Crippen LogP contribution is -2.44. The van der Waals surface area contributed by atoms with Crippen LogP contribution in [0, 0.1) is 13.8 Å². The third-order valence-electron chi connectivity index (χ3n) is 6.45. The van der Waals surface area contributed by atoms with E-state index in [4.69, 9.17) is 18.6 Å². The number of β-amino-alcohol motifs (C(OH)–C–C–N with tert-alkyl or cyclic N) is 1. The maximum Gasteiger partial charge on any atom is 0.250 e. The fourth-order valence-corrected chi connectivity index (χ4v) is 4.56. The van der Waals surface area contributed by atoms with E-state index >= 15 is 0 Å². The molecule has 1 atom stereocenters. The molecule has 1 N–H and O–H groups in total. The first-order valence-corrected chi connectivity index (χ1v) is 11.8. The molecule has 36 heavy (non-hydrogen) atoms. The summed E-state index contributed by atoms with van der Waals surface area (Å²) in [4.78, 5) is 14.7. The summed E-state index contributed by atoms with van der Waals surface area (Å²) < 4.78 is 49.3. The number of alkyl halides is 2. The van der Waals surface area contributed by atoms with Crippen molar-refractivity contribution in [2.45, 2.75) is 38.7 Å². The lowest BCUT2D eigenvalue weighted by atomic mass is 10.0. The van der Waals surface area contributed by atoms with Gasteiger partial charge >= 0.3 is 0 Å². The zero-order chi connectivity index (χ0) is 26.0. The quantitative estimate of drug-likeness (QED) is 0.483. The maximum atomic E-state index is 13.3. The number of rotatable bonds is 8. The molecule has 7 nitrogen and oxygen atoms in total. The van der Waals surface area contributed by atoms with Gasteiger partial charge in [-0.15, -0.1) is 0 Å². The number of benzene rings is 2. The summed E-state index contributed by atoms with van der Waals surface area (Å²) in [5, 5.41) is 10.7. The van der Waals surface area contributed by atoms with Crippen molar-refractivity contribution in [3.63, 3.8) is 0 Å². The van der Waals surface area contributed by atoms with Gasteiger partial charge in [-0.3, -0.25) is 4.79 Å². The molecular formula is C27H31F2NO6. The largest absolute Gasteiger partial charge is 0.496 e. The molecule has 1 aromatic heterocycles. The average molecular weight is 504 g/mol. The van der Waals surface area contributed by atoms with Crippen LogP contribution in [0.1, 0.15) is 24.0 Å². The number of hydrogen-bond donors (Lipinski definition) is 1. The number of nitrogens with zero attached hydrogens (tertiary/aromatic N) is 1. The predicted octanol–water partition coefficient (Wildman–Crippen LogP) is 4.56. The van der Waals surface area contributed by atoms with E-state index in [1.165, 1.54) is 20.3 Å². The van der Waals surface area contributed by atoms with Crippen LogP contribution in [0.15, 0.2) is 39.5 Å². The second kappa shape index (κ2) is 10.4. The highest BCUT2D eigenvalue weighted by Gasteiger charge is 2.34. The third-order valence-corrected chi connectivity index (χ3v) is 6.45. The zero-order valence-electron chi connectivity index (χ0n) is 20.9. The number of hydrogen-bond acceptors (Lipinski definition) is 7. The van der Waals surface area contributed by atoms with Crippen LogP contribution in [0.3, 0.4) is 0 Å². The Balaban J connectivity index is 1.51. The number of ether oxygens (including phenoxy) is 3. The molecule has 9 heteroatoms. The van der Waals surface area contributed by atoms with Crippen molar-refractivity contribution in [3.8, 4) is 28.6 Å². The summed E-state index contributed by atoms with van der Waals surface area (Å²) in [6.07, 6.45) is -1.19. The number of halogens is 2. The zero-order valence-corrected chi connectivity index (χ0v) is 20.9. The van der Waals surface area contributed by atoms with Crippen LogP contribution in [0.4, 0.5) is 8.78 Å². The van der Waals surface area contributed by atoms with Gasteiger partial charge in [0.1, 0.15) is 46.7 Å². The summed E-state index contributed by atoms with van der Waals surface area (Å²) in [5.41, 5.74) is 2.43. The standard InChI is InChI=1S/C27H31F2NO6/c1-16-9-18(22-13-21(32)25-23(34-4)11-20(33-3)12-24(25)36-22)10-17(2)26(16)35-15-19(31)14-30-7-5-27(28,29)6-8-30/h9-13,19,31H,5-8,14-15H2,1-4H3. The van der Waals surface area contributed by atoms with Gasteiger partial charge in [0.25, 0.3) is 5.92 Å². The molecule has 2 heterocycles. The second-order valence-electron chi connectivity index (χ2n) is 9.24. The monoisotopic (exact) mass is 503 g/mol. The smallest absolute Gasteiger partial charge is 0.250 e. The minimum Gasteiger partial charge on any atom is -0.496 e. The Hall–Kier alpha value is -3.17. The van der Waals surface area contributed by atoms with Crippen LogP contribution < -0.4 is 19.6 Å². The summed E-state index contributed by atoms with van der Waals surface area (Å²) in [6, 6.07) is 8.41. The SMILES string of the molecule is COc1cc(OC)c2c(=O)cc(-c3cc(C)c(OCC(O)CN4CCC(F)(F)CC4)c(C)c3)oc2c1. The highest BCUT2D eigenvalue weighted by atomic mass is 19.3. The number of aliphatic hydroxyl groups is 1. The van der Waals surface area contributed by atoms with E-state index in [0.29, 0.717) is 39.5 Å². The molecule has 3 aromatic rings. The van der Waals surface area contributed by atoms with Crippen LogP contribution in [0.5, 0.6) is 17.2 Å². The van der Waals surface area contributed by atoms with E-state index < -0.39 is 12.0 Å². The van der Waals surface area contributed by atoms with Crippen LogP contribution in [0.2, 0.25) is 0 Å². The third kappa shape index (κ3) is 5.63.